The Labute approximate surface area is 234 Å². The molecule has 3 aromatic rings. The number of hydrogen-bond acceptors (Lipinski definition) is 3. The van der Waals surface area contributed by atoms with E-state index in [1.165, 1.54) is 18.2 Å². The zero-order chi connectivity index (χ0) is 27.5. The van der Waals surface area contributed by atoms with Crippen molar-refractivity contribution in [3.8, 4) is 5.75 Å². The van der Waals surface area contributed by atoms with E-state index in [1.54, 1.807) is 12.1 Å². The Hall–Kier alpha value is -2.79. The Morgan fingerprint density at radius 1 is 1.08 bits per heavy atom. The first-order valence-corrected chi connectivity index (χ1v) is 14.5. The first-order valence-electron chi connectivity index (χ1n) is 13.3. The number of carbonyl (C=O) groups is 1. The summed E-state index contributed by atoms with van der Waals surface area (Å²) < 4.78 is 35.6. The highest BCUT2D eigenvalue weighted by atomic mass is 35.5. The summed E-state index contributed by atoms with van der Waals surface area (Å²) in [5, 5.41) is 9.78. The van der Waals surface area contributed by atoms with E-state index in [2.05, 4.69) is 14.1 Å². The van der Waals surface area contributed by atoms with Crippen LogP contribution >= 0.6 is 20.8 Å². The number of aromatic carboxylic acids is 1. The van der Waals surface area contributed by atoms with Gasteiger partial charge in [0, 0.05) is 13.1 Å². The summed E-state index contributed by atoms with van der Waals surface area (Å²) in [4.78, 5) is 14.1. The van der Waals surface area contributed by atoms with E-state index in [9.17, 15) is 14.3 Å². The van der Waals surface area contributed by atoms with E-state index >= 15 is 4.39 Å². The van der Waals surface area contributed by atoms with Crippen molar-refractivity contribution in [1.82, 2.24) is 4.90 Å². The first-order chi connectivity index (χ1) is 18.9. The van der Waals surface area contributed by atoms with Gasteiger partial charge < -0.3 is 9.84 Å². The maximum absolute atomic E-state index is 15.4. The van der Waals surface area contributed by atoms with Crippen molar-refractivity contribution in [2.24, 2.45) is 0 Å². The molecule has 3 aromatic carbocycles. The monoisotopic (exact) mass is 569 g/mol. The lowest BCUT2D eigenvalue weighted by molar-refractivity contribution is 0.0691. The van der Waals surface area contributed by atoms with Crippen LogP contribution in [-0.2, 0) is 6.42 Å². The van der Waals surface area contributed by atoms with Crippen molar-refractivity contribution >= 4 is 38.0 Å². The van der Waals surface area contributed by atoms with Gasteiger partial charge in [-0.05, 0) is 109 Å². The van der Waals surface area contributed by atoms with E-state index in [4.69, 9.17) is 16.3 Å². The third kappa shape index (κ3) is 6.04. The average Bonchev–Trinajstić information content (AvgIpc) is 3.26. The first kappa shape index (κ1) is 27.8. The maximum Gasteiger partial charge on any atom is 0.338 e. The lowest BCUT2D eigenvalue weighted by atomic mass is 9.87. The lowest BCUT2D eigenvalue weighted by Crippen LogP contribution is -2.26. The Balaban J connectivity index is 1.54. The van der Waals surface area contributed by atoms with Crippen molar-refractivity contribution in [2.45, 2.75) is 38.2 Å². The molecule has 1 aliphatic carbocycles. The number of halogens is 3. The molecule has 0 bridgehead atoms. The van der Waals surface area contributed by atoms with E-state index in [0.29, 0.717) is 36.0 Å². The number of benzene rings is 3. The molecule has 204 valence electrons. The SMILES string of the molecule is O=C(O)c1ccc2c(c1F)CCCC(c1ccc(F)cc1Cl)=C2c1ccc(OC2CCN(CCCP)C2)cc1. The number of rotatable bonds is 8. The molecule has 1 saturated heterocycles. The molecule has 2 atom stereocenters. The number of hydrogen-bond donors (Lipinski definition) is 1. The summed E-state index contributed by atoms with van der Waals surface area (Å²) in [5.74, 6) is -1.68. The second kappa shape index (κ2) is 12.2. The second-order valence-corrected chi connectivity index (χ2v) is 11.1. The van der Waals surface area contributed by atoms with Gasteiger partial charge in [0.05, 0.1) is 10.6 Å². The molecular weight excluding hydrogens is 539 g/mol. The van der Waals surface area contributed by atoms with Crippen LogP contribution in [0.5, 0.6) is 5.75 Å². The molecule has 5 rings (SSSR count). The zero-order valence-corrected chi connectivity index (χ0v) is 23.5. The van der Waals surface area contributed by atoms with Crippen LogP contribution < -0.4 is 4.74 Å². The number of ether oxygens (including phenoxy) is 1. The summed E-state index contributed by atoms with van der Waals surface area (Å²) in [7, 11) is 2.77. The average molecular weight is 570 g/mol. The minimum atomic E-state index is -1.30. The number of allylic oxidation sites excluding steroid dienone is 1. The standard InChI is InChI=1S/C31H31ClF2NO3P/c32-28-17-20(33)7-10-23(28)24-3-1-4-26-25(11-12-27(30(26)34)31(36)37)29(24)19-5-8-21(9-6-19)38-22-13-15-35(18-22)14-2-16-39/h5-12,17,22H,1-4,13-16,18,39H2,(H,36,37). The van der Waals surface area contributed by atoms with Gasteiger partial charge in [0.1, 0.15) is 23.5 Å². The molecule has 2 unspecified atom stereocenters. The number of nitrogens with zero attached hydrogens (tertiary/aromatic N) is 1. The summed E-state index contributed by atoms with van der Waals surface area (Å²) in [6, 6.07) is 15.0. The van der Waals surface area contributed by atoms with Crippen molar-refractivity contribution in [3.63, 3.8) is 0 Å². The van der Waals surface area contributed by atoms with Gasteiger partial charge in [-0.2, -0.15) is 0 Å². The van der Waals surface area contributed by atoms with Gasteiger partial charge in [-0.3, -0.25) is 4.90 Å². The second-order valence-electron chi connectivity index (χ2n) is 10.1. The molecule has 1 N–H and O–H groups in total. The summed E-state index contributed by atoms with van der Waals surface area (Å²) in [6.45, 7) is 3.01. The number of likely N-dealkylation sites (tertiary alicyclic amines) is 1. The zero-order valence-electron chi connectivity index (χ0n) is 21.6. The summed E-state index contributed by atoms with van der Waals surface area (Å²) in [6.07, 6.45) is 4.90. The molecule has 1 fully saturated rings. The van der Waals surface area contributed by atoms with Crippen molar-refractivity contribution in [3.05, 3.63) is 99.1 Å². The predicted molar refractivity (Wildman–Crippen MR) is 155 cm³/mol. The fourth-order valence-corrected chi connectivity index (χ4v) is 6.10. The topological polar surface area (TPSA) is 49.8 Å². The Bertz CT molecular complexity index is 1410. The minimum absolute atomic E-state index is 0.135. The van der Waals surface area contributed by atoms with Crippen molar-refractivity contribution in [2.75, 3.05) is 25.8 Å². The fraction of sp³-hybridized carbons (Fsp3) is 0.323. The van der Waals surface area contributed by atoms with E-state index in [1.807, 2.05) is 24.3 Å². The number of carboxylic acid groups (broad SMARTS) is 1. The highest BCUT2D eigenvalue weighted by Crippen LogP contribution is 2.43. The van der Waals surface area contributed by atoms with Gasteiger partial charge >= 0.3 is 5.97 Å². The molecule has 2 aliphatic rings. The number of carboxylic acids is 1. The van der Waals surface area contributed by atoms with Gasteiger partial charge in [0.25, 0.3) is 0 Å². The predicted octanol–water partition coefficient (Wildman–Crippen LogP) is 7.33. The third-order valence-corrected chi connectivity index (χ3v) is 8.23. The van der Waals surface area contributed by atoms with Gasteiger partial charge in [0.15, 0.2) is 0 Å². The molecule has 0 aromatic heterocycles. The van der Waals surface area contributed by atoms with Crippen LogP contribution in [0.25, 0.3) is 11.1 Å². The van der Waals surface area contributed by atoms with Crippen molar-refractivity contribution in [1.29, 1.82) is 0 Å². The van der Waals surface area contributed by atoms with Crippen LogP contribution in [0.3, 0.4) is 0 Å². The van der Waals surface area contributed by atoms with E-state index < -0.39 is 17.6 Å². The molecule has 0 saturated carbocycles. The van der Waals surface area contributed by atoms with Gasteiger partial charge in [-0.1, -0.05) is 35.9 Å². The molecule has 39 heavy (non-hydrogen) atoms. The molecule has 0 amide bonds. The third-order valence-electron chi connectivity index (χ3n) is 7.51. The Morgan fingerprint density at radius 3 is 2.56 bits per heavy atom. The quantitative estimate of drug-likeness (QED) is 0.289. The highest BCUT2D eigenvalue weighted by molar-refractivity contribution is 7.16. The minimum Gasteiger partial charge on any atom is -0.489 e. The molecular formula is C31H31ClF2NO3P. The largest absolute Gasteiger partial charge is 0.489 e. The van der Waals surface area contributed by atoms with E-state index in [-0.39, 0.29) is 16.7 Å². The Kier molecular flexibility index (Phi) is 8.66. The Morgan fingerprint density at radius 2 is 1.85 bits per heavy atom. The molecule has 8 heteroatoms. The smallest absolute Gasteiger partial charge is 0.338 e. The number of fused-ring (bicyclic) bond motifs is 1. The van der Waals surface area contributed by atoms with Gasteiger partial charge in [-0.15, -0.1) is 9.24 Å². The van der Waals surface area contributed by atoms with Crippen LogP contribution in [-0.4, -0.2) is 47.9 Å². The fourth-order valence-electron chi connectivity index (χ4n) is 5.63. The van der Waals surface area contributed by atoms with Crippen LogP contribution in [0, 0.1) is 11.6 Å². The van der Waals surface area contributed by atoms with Crippen LogP contribution in [0.15, 0.2) is 54.6 Å². The molecule has 4 nitrogen and oxygen atoms in total. The van der Waals surface area contributed by atoms with Crippen molar-refractivity contribution < 1.29 is 23.4 Å². The van der Waals surface area contributed by atoms with Crippen LogP contribution in [0.2, 0.25) is 5.02 Å². The lowest BCUT2D eigenvalue weighted by Gasteiger charge is -2.19. The molecule has 0 spiro atoms. The molecule has 1 aliphatic heterocycles. The normalized spacial score (nSPS) is 17.7. The highest BCUT2D eigenvalue weighted by Gasteiger charge is 2.27. The maximum atomic E-state index is 15.4. The summed E-state index contributed by atoms with van der Waals surface area (Å²) >= 11 is 6.51. The van der Waals surface area contributed by atoms with Crippen LogP contribution in [0.4, 0.5) is 8.78 Å². The van der Waals surface area contributed by atoms with Crippen LogP contribution in [0.1, 0.15) is 58.3 Å². The molecule has 0 radical (unpaired) electrons. The summed E-state index contributed by atoms with van der Waals surface area (Å²) in [5.41, 5.74) is 3.80. The van der Waals surface area contributed by atoms with E-state index in [0.717, 1.165) is 61.1 Å². The molecule has 1 heterocycles. The van der Waals surface area contributed by atoms with Gasteiger partial charge in [0.2, 0.25) is 0 Å². The van der Waals surface area contributed by atoms with Gasteiger partial charge in [-0.25, -0.2) is 13.6 Å².